The van der Waals surface area contributed by atoms with Gasteiger partial charge in [-0.25, -0.2) is 9.78 Å². The number of nitrogens with zero attached hydrogens (tertiary/aromatic N) is 3. The van der Waals surface area contributed by atoms with Crippen molar-refractivity contribution in [2.24, 2.45) is 5.73 Å². The van der Waals surface area contributed by atoms with Gasteiger partial charge in [0.05, 0.1) is 10.0 Å². The number of urea groups is 1. The predicted molar refractivity (Wildman–Crippen MR) is 134 cm³/mol. The van der Waals surface area contributed by atoms with E-state index in [0.717, 1.165) is 36.1 Å². The number of hydrogen-bond donors (Lipinski definition) is 5. The third-order valence-corrected chi connectivity index (χ3v) is 5.60. The van der Waals surface area contributed by atoms with Crippen LogP contribution in [0.15, 0.2) is 34.9 Å². The number of carbonyl (C=O) groups is 2. The molecule has 1 aliphatic rings. The summed E-state index contributed by atoms with van der Waals surface area (Å²) < 4.78 is 0.729. The van der Waals surface area contributed by atoms with E-state index >= 15 is 0 Å². The fraction of sp³-hybridized carbons (Fsp3) is 0.455. The van der Waals surface area contributed by atoms with Crippen LogP contribution in [-0.2, 0) is 4.79 Å². The molecule has 2 heterocycles. The van der Waals surface area contributed by atoms with E-state index in [2.05, 4.69) is 47.2 Å². The van der Waals surface area contributed by atoms with Crippen LogP contribution < -0.4 is 27.0 Å². The average Bonchev–Trinajstić information content (AvgIpc) is 3.30. The van der Waals surface area contributed by atoms with Crippen LogP contribution in [0.25, 0.3) is 0 Å². The van der Waals surface area contributed by atoms with Gasteiger partial charge in [0.2, 0.25) is 11.9 Å². The molecule has 11 heteroatoms. The van der Waals surface area contributed by atoms with Crippen molar-refractivity contribution in [3.05, 3.63) is 34.9 Å². The van der Waals surface area contributed by atoms with Gasteiger partial charge < -0.3 is 31.9 Å². The van der Waals surface area contributed by atoms with Crippen molar-refractivity contribution in [1.29, 1.82) is 0 Å². The molecule has 3 rings (SSSR count). The molecule has 10 nitrogen and oxygen atoms in total. The van der Waals surface area contributed by atoms with Crippen molar-refractivity contribution < 1.29 is 9.59 Å². The highest BCUT2D eigenvalue weighted by Crippen LogP contribution is 2.23. The van der Waals surface area contributed by atoms with Crippen LogP contribution in [-0.4, -0.2) is 58.5 Å². The molecule has 1 fully saturated rings. The molecule has 178 valence electrons. The molecule has 33 heavy (non-hydrogen) atoms. The monoisotopic (exact) mass is 518 g/mol. The molecule has 1 aromatic carbocycles. The van der Waals surface area contributed by atoms with Gasteiger partial charge in [-0.1, -0.05) is 6.07 Å². The molecule has 0 saturated carbocycles. The lowest BCUT2D eigenvalue weighted by molar-refractivity contribution is -0.125. The quantitative estimate of drug-likeness (QED) is 0.321. The Bertz CT molecular complexity index is 973. The molecule has 1 saturated heterocycles. The van der Waals surface area contributed by atoms with Gasteiger partial charge in [-0.05, 0) is 67.2 Å². The van der Waals surface area contributed by atoms with Crippen molar-refractivity contribution in [1.82, 2.24) is 20.2 Å². The first-order valence-electron chi connectivity index (χ1n) is 11.0. The Morgan fingerprint density at radius 3 is 2.64 bits per heavy atom. The van der Waals surface area contributed by atoms with E-state index in [1.807, 2.05) is 29.2 Å². The molecule has 6 N–H and O–H groups in total. The van der Waals surface area contributed by atoms with Crippen molar-refractivity contribution in [2.75, 3.05) is 42.1 Å². The van der Waals surface area contributed by atoms with Gasteiger partial charge in [-0.2, -0.15) is 4.98 Å². The van der Waals surface area contributed by atoms with E-state index < -0.39 is 5.54 Å². The Hall–Kier alpha value is -2.92. The summed E-state index contributed by atoms with van der Waals surface area (Å²) in [4.78, 5) is 34.8. The summed E-state index contributed by atoms with van der Waals surface area (Å²) >= 11 is 3.45. The summed E-state index contributed by atoms with van der Waals surface area (Å²) in [5.41, 5.74) is 6.34. The zero-order valence-electron chi connectivity index (χ0n) is 18.9. The highest BCUT2D eigenvalue weighted by molar-refractivity contribution is 9.10. The molecule has 0 aliphatic carbocycles. The van der Waals surface area contributed by atoms with Crippen LogP contribution in [0.2, 0.25) is 0 Å². The van der Waals surface area contributed by atoms with Crippen LogP contribution in [0.5, 0.6) is 0 Å². The lowest BCUT2D eigenvalue weighted by Gasteiger charge is -2.17. The number of amides is 3. The predicted octanol–water partition coefficient (Wildman–Crippen LogP) is 3.27. The van der Waals surface area contributed by atoms with Gasteiger partial charge in [-0.15, -0.1) is 0 Å². The minimum atomic E-state index is -0.891. The number of rotatable bonds is 9. The summed E-state index contributed by atoms with van der Waals surface area (Å²) in [6.07, 6.45) is 4.47. The van der Waals surface area contributed by atoms with Gasteiger partial charge in [0, 0.05) is 43.8 Å². The standard InChI is InChI=1S/C22H31BrN8O2/c1-22(2,24)19(32)26-10-6-9-25-18-17(23)14-27-20(30-18)28-15-7-5-8-16(13-15)29-21(33)31-11-3-4-12-31/h5,7-8,13-14H,3-4,6,9-12,24H2,1-2H3,(H,26,32)(H,29,33)(H2,25,27,28,30). The fourth-order valence-electron chi connectivity index (χ4n) is 3.20. The molecular formula is C22H31BrN8O2. The SMILES string of the molecule is CC(C)(N)C(=O)NCCCNc1nc(Nc2cccc(NC(=O)N3CCCC3)c2)ncc1Br. The van der Waals surface area contributed by atoms with E-state index in [0.29, 0.717) is 37.0 Å². The average molecular weight is 519 g/mol. The molecule has 1 aliphatic heterocycles. The number of benzene rings is 1. The molecule has 0 radical (unpaired) electrons. The first kappa shape index (κ1) is 24.7. The van der Waals surface area contributed by atoms with Crippen LogP contribution >= 0.6 is 15.9 Å². The van der Waals surface area contributed by atoms with E-state index in [-0.39, 0.29) is 11.9 Å². The van der Waals surface area contributed by atoms with Crippen LogP contribution in [0.3, 0.4) is 0 Å². The molecule has 0 bridgehead atoms. The molecule has 3 amide bonds. The molecule has 0 atom stereocenters. The van der Waals surface area contributed by atoms with E-state index in [4.69, 9.17) is 5.73 Å². The number of carbonyl (C=O) groups excluding carboxylic acids is 2. The lowest BCUT2D eigenvalue weighted by Crippen LogP contribution is -2.49. The summed E-state index contributed by atoms with van der Waals surface area (Å²) in [7, 11) is 0. The van der Waals surface area contributed by atoms with E-state index in [9.17, 15) is 9.59 Å². The van der Waals surface area contributed by atoms with Crippen molar-refractivity contribution in [3.63, 3.8) is 0 Å². The number of likely N-dealkylation sites (tertiary alicyclic amines) is 1. The Balaban J connectivity index is 1.53. The maximum atomic E-state index is 12.3. The number of halogens is 1. The molecule has 2 aromatic rings. The van der Waals surface area contributed by atoms with Gasteiger partial charge in [0.15, 0.2) is 0 Å². The van der Waals surface area contributed by atoms with E-state index in [1.54, 1.807) is 20.0 Å². The lowest BCUT2D eigenvalue weighted by atomic mass is 10.1. The summed E-state index contributed by atoms with van der Waals surface area (Å²) in [5.74, 6) is 0.870. The first-order valence-corrected chi connectivity index (χ1v) is 11.8. The van der Waals surface area contributed by atoms with E-state index in [1.165, 1.54) is 0 Å². The number of nitrogens with one attached hydrogen (secondary N) is 4. The summed E-state index contributed by atoms with van der Waals surface area (Å²) in [6.45, 7) is 6.05. The highest BCUT2D eigenvalue weighted by Gasteiger charge is 2.21. The minimum Gasteiger partial charge on any atom is -0.369 e. The second-order valence-electron chi connectivity index (χ2n) is 8.48. The van der Waals surface area contributed by atoms with Crippen molar-refractivity contribution >= 4 is 51.0 Å². The summed E-state index contributed by atoms with van der Waals surface area (Å²) in [5, 5.41) is 12.2. The van der Waals surface area contributed by atoms with Crippen molar-refractivity contribution in [3.8, 4) is 0 Å². The minimum absolute atomic E-state index is 0.0813. The maximum Gasteiger partial charge on any atom is 0.321 e. The Kier molecular flexibility index (Phi) is 8.45. The smallest absolute Gasteiger partial charge is 0.321 e. The third kappa shape index (κ3) is 7.57. The molecular weight excluding hydrogens is 488 g/mol. The zero-order valence-corrected chi connectivity index (χ0v) is 20.5. The largest absolute Gasteiger partial charge is 0.369 e. The molecule has 0 unspecified atom stereocenters. The number of hydrogen-bond acceptors (Lipinski definition) is 7. The Morgan fingerprint density at radius 2 is 1.91 bits per heavy atom. The van der Waals surface area contributed by atoms with Gasteiger partial charge in [0.1, 0.15) is 5.82 Å². The Morgan fingerprint density at radius 1 is 1.18 bits per heavy atom. The highest BCUT2D eigenvalue weighted by atomic mass is 79.9. The van der Waals surface area contributed by atoms with Gasteiger partial charge in [0.25, 0.3) is 0 Å². The molecule has 0 spiro atoms. The number of aromatic nitrogens is 2. The van der Waals surface area contributed by atoms with Crippen LogP contribution in [0.1, 0.15) is 33.1 Å². The van der Waals surface area contributed by atoms with Crippen LogP contribution in [0.4, 0.5) is 27.9 Å². The topological polar surface area (TPSA) is 137 Å². The molecule has 1 aromatic heterocycles. The van der Waals surface area contributed by atoms with Gasteiger partial charge in [-0.3, -0.25) is 4.79 Å². The second-order valence-corrected chi connectivity index (χ2v) is 9.33. The van der Waals surface area contributed by atoms with Crippen LogP contribution in [0, 0.1) is 0 Å². The Labute approximate surface area is 202 Å². The number of anilines is 4. The first-order chi connectivity index (χ1) is 15.7. The third-order valence-electron chi connectivity index (χ3n) is 5.02. The fourth-order valence-corrected chi connectivity index (χ4v) is 3.53. The van der Waals surface area contributed by atoms with Crippen molar-refractivity contribution in [2.45, 2.75) is 38.6 Å². The zero-order chi connectivity index (χ0) is 23.8. The summed E-state index contributed by atoms with van der Waals surface area (Å²) in [6, 6.07) is 7.35. The second kappa shape index (κ2) is 11.3. The van der Waals surface area contributed by atoms with Gasteiger partial charge >= 0.3 is 6.03 Å². The maximum absolute atomic E-state index is 12.3. The normalized spacial score (nSPS) is 13.5. The number of nitrogens with two attached hydrogens (primary N) is 1.